The average molecular weight is 341 g/mol. The summed E-state index contributed by atoms with van der Waals surface area (Å²) in [7, 11) is 0. The van der Waals surface area contributed by atoms with Crippen LogP contribution in [0.4, 0.5) is 0 Å². The summed E-state index contributed by atoms with van der Waals surface area (Å²) >= 11 is 0. The second kappa shape index (κ2) is 6.58. The van der Waals surface area contributed by atoms with Crippen molar-refractivity contribution in [2.45, 2.75) is 25.8 Å². The van der Waals surface area contributed by atoms with Crippen LogP contribution in [0.15, 0.2) is 29.1 Å². The number of carbonyl (C=O) groups is 1. The van der Waals surface area contributed by atoms with E-state index in [0.29, 0.717) is 43.4 Å². The van der Waals surface area contributed by atoms with Gasteiger partial charge in [-0.2, -0.15) is 5.10 Å². The molecule has 2 heterocycles. The zero-order chi connectivity index (χ0) is 17.2. The van der Waals surface area contributed by atoms with Gasteiger partial charge in [-0.05, 0) is 37.0 Å². The first-order chi connectivity index (χ1) is 12.2. The number of hydrogen-bond donors (Lipinski definition) is 1. The Morgan fingerprint density at radius 1 is 1.24 bits per heavy atom. The predicted octanol–water partition coefficient (Wildman–Crippen LogP) is 0.933. The molecule has 7 nitrogen and oxygen atoms in total. The van der Waals surface area contributed by atoms with Crippen LogP contribution in [-0.2, 0) is 19.4 Å². The molecule has 0 atom stereocenters. The molecule has 130 valence electrons. The van der Waals surface area contributed by atoms with Gasteiger partial charge in [0.1, 0.15) is 13.2 Å². The number of nitrogens with zero attached hydrogens (tertiary/aromatic N) is 2. The third-order valence-corrected chi connectivity index (χ3v) is 4.44. The Morgan fingerprint density at radius 2 is 2.12 bits per heavy atom. The molecule has 0 spiro atoms. The lowest BCUT2D eigenvalue weighted by molar-refractivity contribution is 0.0940. The van der Waals surface area contributed by atoms with Crippen molar-refractivity contribution in [3.63, 3.8) is 0 Å². The van der Waals surface area contributed by atoms with Crippen molar-refractivity contribution in [1.82, 2.24) is 15.1 Å². The van der Waals surface area contributed by atoms with E-state index in [1.165, 1.54) is 4.68 Å². The fourth-order valence-corrected chi connectivity index (χ4v) is 3.22. The first kappa shape index (κ1) is 15.7. The first-order valence-corrected chi connectivity index (χ1v) is 8.49. The summed E-state index contributed by atoms with van der Waals surface area (Å²) in [4.78, 5) is 24.5. The second-order valence-corrected chi connectivity index (χ2v) is 6.12. The third kappa shape index (κ3) is 3.09. The van der Waals surface area contributed by atoms with E-state index in [4.69, 9.17) is 9.47 Å². The number of nitrogens with one attached hydrogen (secondary N) is 1. The number of para-hydroxylation sites is 1. The highest BCUT2D eigenvalue weighted by Gasteiger charge is 2.20. The van der Waals surface area contributed by atoms with Crippen LogP contribution < -0.4 is 20.3 Å². The topological polar surface area (TPSA) is 82.5 Å². The molecule has 25 heavy (non-hydrogen) atoms. The van der Waals surface area contributed by atoms with Crippen LogP contribution >= 0.6 is 0 Å². The number of benzene rings is 1. The van der Waals surface area contributed by atoms with Crippen molar-refractivity contribution in [1.29, 1.82) is 0 Å². The van der Waals surface area contributed by atoms with Gasteiger partial charge in [0.2, 0.25) is 0 Å². The quantitative estimate of drug-likeness (QED) is 0.895. The molecule has 0 saturated heterocycles. The molecular formula is C18H19N3O4. The van der Waals surface area contributed by atoms with E-state index in [1.54, 1.807) is 24.3 Å². The molecule has 2 aromatic rings. The molecule has 1 aromatic heterocycles. The minimum atomic E-state index is -0.253. The zero-order valence-electron chi connectivity index (χ0n) is 13.8. The number of ether oxygens (including phenoxy) is 2. The zero-order valence-corrected chi connectivity index (χ0v) is 13.8. The molecule has 1 aromatic carbocycles. The summed E-state index contributed by atoms with van der Waals surface area (Å²) in [5, 5.41) is 7.22. The van der Waals surface area contributed by atoms with Crippen LogP contribution in [0.5, 0.6) is 11.5 Å². The fourth-order valence-electron chi connectivity index (χ4n) is 3.22. The predicted molar refractivity (Wildman–Crippen MR) is 90.3 cm³/mol. The average Bonchev–Trinajstić information content (AvgIpc) is 3.08. The normalized spacial score (nSPS) is 14.9. The molecule has 1 N–H and O–H groups in total. The number of rotatable bonds is 4. The maximum atomic E-state index is 12.4. The van der Waals surface area contributed by atoms with Crippen molar-refractivity contribution in [3.8, 4) is 11.5 Å². The Balaban J connectivity index is 1.43. The van der Waals surface area contributed by atoms with Crippen LogP contribution in [-0.4, -0.2) is 35.4 Å². The number of aromatic nitrogens is 2. The number of aryl methyl sites for hydroxylation is 2. The van der Waals surface area contributed by atoms with E-state index in [1.807, 2.05) is 0 Å². The summed E-state index contributed by atoms with van der Waals surface area (Å²) < 4.78 is 12.5. The summed E-state index contributed by atoms with van der Waals surface area (Å²) in [6.07, 6.45) is 2.88. The van der Waals surface area contributed by atoms with E-state index in [2.05, 4.69) is 10.4 Å². The van der Waals surface area contributed by atoms with Gasteiger partial charge in [-0.25, -0.2) is 4.68 Å². The lowest BCUT2D eigenvalue weighted by atomic mass is 10.1. The lowest BCUT2D eigenvalue weighted by Crippen LogP contribution is -2.33. The van der Waals surface area contributed by atoms with Gasteiger partial charge in [0, 0.05) is 12.6 Å². The SMILES string of the molecule is O=C(NCCn1nc2c(cc1=O)CCC2)c1cccc2c1OCCO2. The smallest absolute Gasteiger partial charge is 0.267 e. The van der Waals surface area contributed by atoms with Crippen LogP contribution in [0.25, 0.3) is 0 Å². The summed E-state index contributed by atoms with van der Waals surface area (Å²) in [6.45, 7) is 1.55. The van der Waals surface area contributed by atoms with E-state index < -0.39 is 0 Å². The minimum Gasteiger partial charge on any atom is -0.486 e. The largest absolute Gasteiger partial charge is 0.486 e. The molecule has 0 unspecified atom stereocenters. The van der Waals surface area contributed by atoms with Crippen LogP contribution in [0.1, 0.15) is 28.0 Å². The van der Waals surface area contributed by atoms with E-state index >= 15 is 0 Å². The van der Waals surface area contributed by atoms with E-state index in [0.717, 1.165) is 30.5 Å². The third-order valence-electron chi connectivity index (χ3n) is 4.44. The van der Waals surface area contributed by atoms with Gasteiger partial charge < -0.3 is 14.8 Å². The number of fused-ring (bicyclic) bond motifs is 2. The molecule has 0 bridgehead atoms. The number of hydrogen-bond acceptors (Lipinski definition) is 5. The molecule has 0 saturated carbocycles. The van der Waals surface area contributed by atoms with Crippen molar-refractivity contribution in [2.75, 3.05) is 19.8 Å². The lowest BCUT2D eigenvalue weighted by Gasteiger charge is -2.20. The molecule has 4 rings (SSSR count). The standard InChI is InChI=1S/C18H19N3O4/c22-16-11-12-3-1-5-14(12)20-21(16)8-7-19-18(23)13-4-2-6-15-17(13)25-10-9-24-15/h2,4,6,11H,1,3,5,7-10H2,(H,19,23). The number of amides is 1. The molecular weight excluding hydrogens is 322 g/mol. The fraction of sp³-hybridized carbons (Fsp3) is 0.389. The summed E-state index contributed by atoms with van der Waals surface area (Å²) in [6, 6.07) is 6.90. The molecule has 0 fully saturated rings. The molecule has 1 aliphatic carbocycles. The van der Waals surface area contributed by atoms with Gasteiger partial charge in [-0.3, -0.25) is 9.59 Å². The number of carbonyl (C=O) groups excluding carboxylic acids is 1. The van der Waals surface area contributed by atoms with Crippen molar-refractivity contribution in [3.05, 3.63) is 51.4 Å². The molecule has 7 heteroatoms. The Kier molecular flexibility index (Phi) is 4.13. The van der Waals surface area contributed by atoms with Gasteiger partial charge in [-0.15, -0.1) is 0 Å². The van der Waals surface area contributed by atoms with Gasteiger partial charge in [0.25, 0.3) is 11.5 Å². The Hall–Kier alpha value is -2.83. The first-order valence-electron chi connectivity index (χ1n) is 8.49. The summed E-state index contributed by atoms with van der Waals surface area (Å²) in [5.74, 6) is 0.797. The highest BCUT2D eigenvalue weighted by molar-refractivity contribution is 5.97. The van der Waals surface area contributed by atoms with Crippen molar-refractivity contribution in [2.24, 2.45) is 0 Å². The highest BCUT2D eigenvalue weighted by Crippen LogP contribution is 2.33. The van der Waals surface area contributed by atoms with Crippen molar-refractivity contribution >= 4 is 5.91 Å². The van der Waals surface area contributed by atoms with Gasteiger partial charge in [-0.1, -0.05) is 6.07 Å². The van der Waals surface area contributed by atoms with E-state index in [-0.39, 0.29) is 11.5 Å². The van der Waals surface area contributed by atoms with Crippen LogP contribution in [0, 0.1) is 0 Å². The minimum absolute atomic E-state index is 0.122. The van der Waals surface area contributed by atoms with Crippen molar-refractivity contribution < 1.29 is 14.3 Å². The molecule has 2 aliphatic rings. The van der Waals surface area contributed by atoms with Gasteiger partial charge in [0.15, 0.2) is 11.5 Å². The Morgan fingerprint density at radius 3 is 3.04 bits per heavy atom. The maximum absolute atomic E-state index is 12.4. The monoisotopic (exact) mass is 341 g/mol. The van der Waals surface area contributed by atoms with Gasteiger partial charge >= 0.3 is 0 Å². The van der Waals surface area contributed by atoms with Crippen LogP contribution in [0.3, 0.4) is 0 Å². The summed E-state index contributed by atoms with van der Waals surface area (Å²) in [5.41, 5.74) is 2.36. The molecule has 1 amide bonds. The molecule has 1 aliphatic heterocycles. The second-order valence-electron chi connectivity index (χ2n) is 6.12. The maximum Gasteiger partial charge on any atom is 0.267 e. The Labute approximate surface area is 144 Å². The van der Waals surface area contributed by atoms with E-state index in [9.17, 15) is 9.59 Å². The van der Waals surface area contributed by atoms with Gasteiger partial charge in [0.05, 0.1) is 17.8 Å². The van der Waals surface area contributed by atoms with Crippen LogP contribution in [0.2, 0.25) is 0 Å². The Bertz CT molecular complexity index is 875. The molecule has 0 radical (unpaired) electrons. The highest BCUT2D eigenvalue weighted by atomic mass is 16.6.